The number of hydrogen-bond acceptors (Lipinski definition) is 7. The van der Waals surface area contributed by atoms with E-state index >= 15 is 0 Å². The molecule has 1 atom stereocenters. The van der Waals surface area contributed by atoms with Crippen LogP contribution in [0.25, 0.3) is 22.6 Å². The molecule has 2 amide bonds. The molecule has 3 aromatic rings. The van der Waals surface area contributed by atoms with E-state index in [-0.39, 0.29) is 29.5 Å². The van der Waals surface area contributed by atoms with E-state index in [4.69, 9.17) is 35.5 Å². The zero-order chi connectivity index (χ0) is 27.6. The minimum atomic E-state index is -3.97. The van der Waals surface area contributed by atoms with Crippen LogP contribution in [0.4, 0.5) is 9.59 Å². The molecule has 0 fully saturated rings. The maximum atomic E-state index is 12.1. The molecular formula is C23H31ClN4O7S3. The van der Waals surface area contributed by atoms with E-state index in [1.807, 2.05) is 6.92 Å². The summed E-state index contributed by atoms with van der Waals surface area (Å²) in [5.74, 6) is 1.02. The molecule has 0 aliphatic carbocycles. The highest BCUT2D eigenvalue weighted by Crippen LogP contribution is 2.39. The van der Waals surface area contributed by atoms with Gasteiger partial charge in [-0.05, 0) is 30.3 Å². The number of sulfonamides is 1. The number of rotatable bonds is 6. The van der Waals surface area contributed by atoms with Crippen LogP contribution in [0.5, 0.6) is 5.75 Å². The van der Waals surface area contributed by atoms with E-state index < -0.39 is 20.5 Å². The molecule has 38 heavy (non-hydrogen) atoms. The van der Waals surface area contributed by atoms with Crippen molar-refractivity contribution in [3.05, 3.63) is 66.0 Å². The van der Waals surface area contributed by atoms with Crippen LogP contribution in [-0.2, 0) is 10.0 Å². The quantitative estimate of drug-likeness (QED) is 0.201. The number of nitrogens with zero attached hydrogens (tertiary/aromatic N) is 1. The smallest absolute Gasteiger partial charge is 0.273 e. The summed E-state index contributed by atoms with van der Waals surface area (Å²) in [7, 11) is -2.45. The van der Waals surface area contributed by atoms with Gasteiger partial charge in [0.15, 0.2) is 5.76 Å². The number of carbonyl (C=O) groups is 2. The maximum absolute atomic E-state index is 12.1. The second kappa shape index (κ2) is 16.8. The van der Waals surface area contributed by atoms with Gasteiger partial charge in [0.05, 0.1) is 22.9 Å². The first-order chi connectivity index (χ1) is 16.7. The van der Waals surface area contributed by atoms with Crippen molar-refractivity contribution in [2.24, 2.45) is 16.6 Å². The fraction of sp³-hybridized carbons (Fsp3) is 0.174. The Hall–Kier alpha value is -3.01. The third kappa shape index (κ3) is 11.2. The van der Waals surface area contributed by atoms with Crippen molar-refractivity contribution in [2.75, 3.05) is 7.11 Å². The number of amides is 2. The highest BCUT2D eigenvalue weighted by molar-refractivity contribution is 7.96. The highest BCUT2D eigenvalue weighted by Gasteiger charge is 2.24. The van der Waals surface area contributed by atoms with Gasteiger partial charge in [-0.3, -0.25) is 9.59 Å². The summed E-state index contributed by atoms with van der Waals surface area (Å²) in [5.41, 5.74) is 10.1. The number of thiol groups is 2. The third-order valence-corrected chi connectivity index (χ3v) is 5.51. The Morgan fingerprint density at radius 1 is 1.16 bits per heavy atom. The summed E-state index contributed by atoms with van der Waals surface area (Å²) in [6.07, 6.45) is 1.69. The van der Waals surface area contributed by atoms with Crippen LogP contribution in [0.2, 0.25) is 5.02 Å². The lowest BCUT2D eigenvalue weighted by atomic mass is 10.1. The van der Waals surface area contributed by atoms with E-state index in [0.29, 0.717) is 33.5 Å². The zero-order valence-corrected chi connectivity index (χ0v) is 23.1. The summed E-state index contributed by atoms with van der Waals surface area (Å²) in [6, 6.07) is 11.5. The van der Waals surface area contributed by atoms with E-state index in [2.05, 4.69) is 48.3 Å². The minimum absolute atomic E-state index is 0. The van der Waals surface area contributed by atoms with E-state index in [9.17, 15) is 8.42 Å². The van der Waals surface area contributed by atoms with Crippen LogP contribution in [0, 0.1) is 0 Å². The Balaban J connectivity index is 0. The maximum Gasteiger partial charge on any atom is 0.273 e. The molecule has 1 heterocycles. The van der Waals surface area contributed by atoms with Gasteiger partial charge in [0.25, 0.3) is 10.5 Å². The molecule has 0 saturated heterocycles. The molecule has 15 heteroatoms. The molecule has 8 N–H and O–H groups in total. The molecule has 0 bridgehead atoms. The number of nitrogens with two attached hydrogens (primary N) is 3. The van der Waals surface area contributed by atoms with Gasteiger partial charge in [0, 0.05) is 11.1 Å². The number of oxazole rings is 1. The summed E-state index contributed by atoms with van der Waals surface area (Å²) in [5, 5.41) is 4.51. The van der Waals surface area contributed by atoms with Crippen molar-refractivity contribution in [3.8, 4) is 28.3 Å². The molecular weight excluding hydrogens is 576 g/mol. The number of allylic oxidation sites excluding steroid dienone is 1. The number of halogens is 1. The number of methoxy groups -OCH3 is 1. The fourth-order valence-corrected chi connectivity index (χ4v) is 3.72. The number of primary amides is 2. The number of ether oxygens (including phenoxy) is 1. The van der Waals surface area contributed by atoms with Crippen molar-refractivity contribution in [1.82, 2.24) is 4.98 Å². The number of primary sulfonamides is 1. The van der Waals surface area contributed by atoms with E-state index in [0.717, 1.165) is 0 Å². The molecule has 1 aromatic heterocycles. The predicted octanol–water partition coefficient (Wildman–Crippen LogP) is 4.41. The first-order valence-electron chi connectivity index (χ1n) is 9.79. The first-order valence-corrected chi connectivity index (χ1v) is 12.6. The summed E-state index contributed by atoms with van der Waals surface area (Å²) in [4.78, 5) is 22.7. The largest absolute Gasteiger partial charge is 0.495 e. The predicted molar refractivity (Wildman–Crippen MR) is 156 cm³/mol. The number of benzene rings is 2. The Bertz CT molecular complexity index is 1330. The summed E-state index contributed by atoms with van der Waals surface area (Å²) >= 11 is 12.5. The van der Waals surface area contributed by atoms with Crippen LogP contribution >= 0.6 is 36.9 Å². The van der Waals surface area contributed by atoms with Crippen LogP contribution in [0.15, 0.2) is 64.4 Å². The Labute approximate surface area is 237 Å². The minimum Gasteiger partial charge on any atom is -0.495 e. The van der Waals surface area contributed by atoms with Crippen molar-refractivity contribution < 1.29 is 32.6 Å². The summed E-state index contributed by atoms with van der Waals surface area (Å²) < 4.78 is 35.3. The highest BCUT2D eigenvalue weighted by atomic mass is 35.5. The van der Waals surface area contributed by atoms with Crippen molar-refractivity contribution >= 4 is 57.4 Å². The van der Waals surface area contributed by atoms with Crippen LogP contribution in [0.3, 0.4) is 0 Å². The Kier molecular flexibility index (Phi) is 16.4. The monoisotopic (exact) mass is 606 g/mol. The van der Waals surface area contributed by atoms with Gasteiger partial charge >= 0.3 is 0 Å². The molecule has 0 spiro atoms. The molecule has 0 aliphatic heterocycles. The normalized spacial score (nSPS) is 10.6. The molecule has 0 aliphatic rings. The average molecular weight is 607 g/mol. The molecule has 11 nitrogen and oxygen atoms in total. The Morgan fingerprint density at radius 3 is 2.13 bits per heavy atom. The number of aromatic nitrogens is 1. The molecule has 210 valence electrons. The lowest BCUT2D eigenvalue weighted by Crippen LogP contribution is -2.13. The van der Waals surface area contributed by atoms with E-state index in [1.165, 1.54) is 13.2 Å². The molecule has 0 radical (unpaired) electrons. The number of carbonyl (C=O) groups excluding carboxylic acids is 2. The third-order valence-electron chi connectivity index (χ3n) is 4.25. The summed E-state index contributed by atoms with van der Waals surface area (Å²) in [6.45, 7) is 5.64. The van der Waals surface area contributed by atoms with Gasteiger partial charge in [0.2, 0.25) is 15.9 Å². The van der Waals surface area contributed by atoms with Gasteiger partial charge in [-0.15, -0.1) is 6.58 Å². The van der Waals surface area contributed by atoms with Crippen molar-refractivity contribution in [2.45, 2.75) is 25.2 Å². The van der Waals surface area contributed by atoms with Crippen molar-refractivity contribution in [3.63, 3.8) is 0 Å². The molecule has 1 unspecified atom stereocenters. The van der Waals surface area contributed by atoms with Crippen LogP contribution in [-0.4, -0.2) is 36.5 Å². The molecule has 0 saturated carbocycles. The second-order valence-electron chi connectivity index (χ2n) is 6.82. The van der Waals surface area contributed by atoms with Gasteiger partial charge in [-0.2, -0.15) is 0 Å². The zero-order valence-electron chi connectivity index (χ0n) is 19.7. The van der Waals surface area contributed by atoms with Crippen molar-refractivity contribution in [1.29, 1.82) is 0 Å². The second-order valence-corrected chi connectivity index (χ2v) is 9.64. The topological polar surface area (TPSA) is 213 Å². The number of hydrogen-bond donors (Lipinski definition) is 5. The molecule has 2 aromatic carbocycles. The lowest BCUT2D eigenvalue weighted by Gasteiger charge is -2.08. The van der Waals surface area contributed by atoms with Crippen LogP contribution < -0.4 is 21.3 Å². The van der Waals surface area contributed by atoms with Crippen LogP contribution in [0.1, 0.15) is 26.2 Å². The fourth-order valence-electron chi connectivity index (χ4n) is 2.73. The molecule has 3 rings (SSSR count). The van der Waals surface area contributed by atoms with E-state index in [1.54, 1.807) is 42.5 Å². The first kappa shape index (κ1) is 37.1. The Morgan fingerprint density at radius 2 is 1.68 bits per heavy atom. The average Bonchev–Trinajstić information content (AvgIpc) is 3.22. The SMILES string of the molecule is C.C=CC(C)c1nc(-c2ccc(OC)c(Cl)c2)c(-c2ccccc2S(N)(=O)=O)o1.NC(=O)S.NC(=O)S.O. The van der Waals surface area contributed by atoms with Gasteiger partial charge in [-0.25, -0.2) is 18.5 Å². The van der Waals surface area contributed by atoms with Gasteiger partial charge in [0.1, 0.15) is 11.4 Å². The standard InChI is InChI=1S/C20H19ClN2O4S.2CH3NOS.CH4.H2O/c1-4-12(2)20-23-18(13-9-10-16(26-3)15(21)11-13)19(27-20)14-7-5-6-8-17(14)28(22,24)25;2*2-1(3)4;;/h4-12H,1H2,2-3H3,(H2,22,24,25);2*(H3,2,3,4);1H4;1H2. The lowest BCUT2D eigenvalue weighted by molar-refractivity contribution is 0.266. The van der Waals surface area contributed by atoms with Gasteiger partial charge in [-0.1, -0.05) is 69.4 Å². The van der Waals surface area contributed by atoms with Gasteiger partial charge < -0.3 is 26.1 Å².